The molecular formula is C18H21FN2O4S. The summed E-state index contributed by atoms with van der Waals surface area (Å²) >= 11 is 0. The van der Waals surface area contributed by atoms with Crippen LogP contribution in [0.5, 0.6) is 5.75 Å². The van der Waals surface area contributed by atoms with Gasteiger partial charge in [-0.1, -0.05) is 18.2 Å². The predicted molar refractivity (Wildman–Crippen MR) is 98.0 cm³/mol. The quantitative estimate of drug-likeness (QED) is 0.763. The third-order valence-electron chi connectivity index (χ3n) is 3.69. The summed E-state index contributed by atoms with van der Waals surface area (Å²) in [6, 6.07) is 12.4. The molecule has 8 heteroatoms. The van der Waals surface area contributed by atoms with Gasteiger partial charge in [0.15, 0.2) is 0 Å². The topological polar surface area (TPSA) is 75.7 Å². The van der Waals surface area contributed by atoms with Gasteiger partial charge in [0, 0.05) is 25.6 Å². The van der Waals surface area contributed by atoms with Crippen LogP contribution in [0.15, 0.2) is 48.5 Å². The van der Waals surface area contributed by atoms with Crippen molar-refractivity contribution in [1.82, 2.24) is 5.32 Å². The molecule has 0 fully saturated rings. The van der Waals surface area contributed by atoms with E-state index in [-0.39, 0.29) is 31.2 Å². The van der Waals surface area contributed by atoms with Crippen LogP contribution in [0, 0.1) is 5.82 Å². The van der Waals surface area contributed by atoms with E-state index in [4.69, 9.17) is 4.74 Å². The monoisotopic (exact) mass is 380 g/mol. The van der Waals surface area contributed by atoms with Crippen LogP contribution in [0.2, 0.25) is 0 Å². The van der Waals surface area contributed by atoms with Crippen molar-refractivity contribution in [2.45, 2.75) is 13.0 Å². The van der Waals surface area contributed by atoms with E-state index in [1.807, 2.05) is 0 Å². The molecule has 0 saturated carbocycles. The average molecular weight is 380 g/mol. The van der Waals surface area contributed by atoms with E-state index in [9.17, 15) is 17.6 Å². The highest BCUT2D eigenvalue weighted by atomic mass is 32.2. The summed E-state index contributed by atoms with van der Waals surface area (Å²) in [6.45, 7) is 0.248. The van der Waals surface area contributed by atoms with Gasteiger partial charge in [-0.15, -0.1) is 0 Å². The molecule has 1 amide bonds. The minimum atomic E-state index is -3.55. The number of nitrogens with zero attached hydrogens (tertiary/aromatic N) is 1. The molecule has 0 aliphatic heterocycles. The van der Waals surface area contributed by atoms with Crippen LogP contribution >= 0.6 is 0 Å². The lowest BCUT2D eigenvalue weighted by atomic mass is 10.2. The first-order valence-corrected chi connectivity index (χ1v) is 9.77. The smallest absolute Gasteiger partial charge is 0.232 e. The summed E-state index contributed by atoms with van der Waals surface area (Å²) in [6.07, 6.45) is 1.08. The lowest BCUT2D eigenvalue weighted by Gasteiger charge is -2.22. The summed E-state index contributed by atoms with van der Waals surface area (Å²) in [5.41, 5.74) is 1.19. The summed E-state index contributed by atoms with van der Waals surface area (Å²) in [5.74, 6) is -0.120. The molecule has 26 heavy (non-hydrogen) atoms. The molecule has 0 radical (unpaired) electrons. The van der Waals surface area contributed by atoms with Crippen LogP contribution in [0.1, 0.15) is 12.0 Å². The molecule has 0 unspecified atom stereocenters. The number of nitrogens with one attached hydrogen (secondary N) is 1. The van der Waals surface area contributed by atoms with Gasteiger partial charge >= 0.3 is 0 Å². The van der Waals surface area contributed by atoms with Crippen LogP contribution < -0.4 is 14.4 Å². The molecule has 1 N–H and O–H groups in total. The van der Waals surface area contributed by atoms with E-state index in [0.717, 1.165) is 16.1 Å². The minimum Gasteiger partial charge on any atom is -0.497 e. The first-order chi connectivity index (χ1) is 12.3. The maximum Gasteiger partial charge on any atom is 0.232 e. The second-order valence-electron chi connectivity index (χ2n) is 5.69. The number of benzene rings is 2. The van der Waals surface area contributed by atoms with E-state index >= 15 is 0 Å². The Morgan fingerprint density at radius 3 is 2.50 bits per heavy atom. The molecule has 0 atom stereocenters. The predicted octanol–water partition coefficient (Wildman–Crippen LogP) is 2.31. The Kier molecular flexibility index (Phi) is 6.57. The van der Waals surface area contributed by atoms with Gasteiger partial charge in [-0.3, -0.25) is 9.10 Å². The molecule has 6 nitrogen and oxygen atoms in total. The van der Waals surface area contributed by atoms with Crippen molar-refractivity contribution in [3.05, 3.63) is 59.9 Å². The largest absolute Gasteiger partial charge is 0.497 e. The Morgan fingerprint density at radius 1 is 1.19 bits per heavy atom. The lowest BCUT2D eigenvalue weighted by Crippen LogP contribution is -2.34. The number of halogens is 1. The Labute approximate surface area is 152 Å². The third-order valence-corrected chi connectivity index (χ3v) is 4.88. The molecule has 0 bridgehead atoms. The second-order valence-corrected chi connectivity index (χ2v) is 7.60. The first-order valence-electron chi connectivity index (χ1n) is 7.92. The summed E-state index contributed by atoms with van der Waals surface area (Å²) in [4.78, 5) is 12.0. The Bertz CT molecular complexity index is 854. The van der Waals surface area contributed by atoms with Gasteiger partial charge < -0.3 is 10.1 Å². The highest BCUT2D eigenvalue weighted by Gasteiger charge is 2.19. The van der Waals surface area contributed by atoms with Crippen molar-refractivity contribution in [1.29, 1.82) is 0 Å². The van der Waals surface area contributed by atoms with Crippen molar-refractivity contribution in [3.63, 3.8) is 0 Å². The summed E-state index contributed by atoms with van der Waals surface area (Å²) in [7, 11) is -2.06. The number of methoxy groups -OCH3 is 1. The van der Waals surface area contributed by atoms with Crippen molar-refractivity contribution < 1.29 is 22.3 Å². The molecule has 0 heterocycles. The lowest BCUT2D eigenvalue weighted by molar-refractivity contribution is -0.121. The van der Waals surface area contributed by atoms with E-state index in [1.165, 1.54) is 19.2 Å². The number of rotatable bonds is 8. The van der Waals surface area contributed by atoms with Gasteiger partial charge in [0.2, 0.25) is 15.9 Å². The third kappa shape index (κ3) is 5.73. The number of anilines is 1. The molecule has 0 aliphatic carbocycles. The number of carbonyl (C=O) groups excluding carboxylic acids is 1. The normalized spacial score (nSPS) is 11.0. The van der Waals surface area contributed by atoms with Crippen LogP contribution in [0.25, 0.3) is 0 Å². The van der Waals surface area contributed by atoms with Crippen LogP contribution in [-0.4, -0.2) is 34.2 Å². The van der Waals surface area contributed by atoms with E-state index in [2.05, 4.69) is 5.32 Å². The fourth-order valence-electron chi connectivity index (χ4n) is 2.35. The van der Waals surface area contributed by atoms with Crippen LogP contribution in [-0.2, 0) is 21.4 Å². The zero-order valence-corrected chi connectivity index (χ0v) is 15.4. The van der Waals surface area contributed by atoms with Gasteiger partial charge in [0.25, 0.3) is 0 Å². The maximum atomic E-state index is 12.9. The molecule has 0 aromatic heterocycles. The Morgan fingerprint density at radius 2 is 1.88 bits per heavy atom. The van der Waals surface area contributed by atoms with Crippen molar-refractivity contribution in [2.24, 2.45) is 0 Å². The van der Waals surface area contributed by atoms with Crippen LogP contribution in [0.4, 0.5) is 10.1 Å². The van der Waals surface area contributed by atoms with Gasteiger partial charge in [-0.2, -0.15) is 0 Å². The molecule has 0 saturated heterocycles. The zero-order chi connectivity index (χ0) is 19.2. The standard InChI is InChI=1S/C18H21FN2O4S/c1-25-17-5-3-4-16(12-17)21(26(2,23)24)11-10-18(22)20-13-14-6-8-15(19)9-7-14/h3-9,12H,10-11,13H2,1-2H3,(H,20,22). The van der Waals surface area contributed by atoms with Gasteiger partial charge in [0.05, 0.1) is 19.1 Å². The molecule has 2 aromatic carbocycles. The highest BCUT2D eigenvalue weighted by molar-refractivity contribution is 7.92. The van der Waals surface area contributed by atoms with Crippen LogP contribution in [0.3, 0.4) is 0 Å². The summed E-state index contributed by atoms with van der Waals surface area (Å²) in [5, 5.41) is 2.69. The molecular weight excluding hydrogens is 359 g/mol. The maximum absolute atomic E-state index is 12.9. The zero-order valence-electron chi connectivity index (χ0n) is 14.6. The molecule has 0 spiro atoms. The van der Waals surface area contributed by atoms with E-state index < -0.39 is 10.0 Å². The highest BCUT2D eigenvalue weighted by Crippen LogP contribution is 2.23. The molecule has 2 aromatic rings. The second kappa shape index (κ2) is 8.66. The summed E-state index contributed by atoms with van der Waals surface area (Å²) < 4.78 is 43.3. The fraction of sp³-hybridized carbons (Fsp3) is 0.278. The SMILES string of the molecule is COc1cccc(N(CCC(=O)NCc2ccc(F)cc2)S(C)(=O)=O)c1. The van der Waals surface area contributed by atoms with Gasteiger partial charge in [-0.25, -0.2) is 12.8 Å². The minimum absolute atomic E-state index is 0.00124. The number of sulfonamides is 1. The molecule has 2 rings (SSSR count). The Hall–Kier alpha value is -2.61. The average Bonchev–Trinajstić information content (AvgIpc) is 2.60. The molecule has 140 valence electrons. The van der Waals surface area contributed by atoms with Gasteiger partial charge in [-0.05, 0) is 29.8 Å². The fourth-order valence-corrected chi connectivity index (χ4v) is 3.27. The first kappa shape index (κ1) is 19.7. The van der Waals surface area contributed by atoms with Crippen molar-refractivity contribution >= 4 is 21.6 Å². The van der Waals surface area contributed by atoms with E-state index in [0.29, 0.717) is 11.4 Å². The Balaban J connectivity index is 1.98. The van der Waals surface area contributed by atoms with Gasteiger partial charge in [0.1, 0.15) is 11.6 Å². The number of amides is 1. The number of hydrogen-bond donors (Lipinski definition) is 1. The van der Waals surface area contributed by atoms with E-state index in [1.54, 1.807) is 36.4 Å². The van der Waals surface area contributed by atoms with Crippen molar-refractivity contribution in [3.8, 4) is 5.75 Å². The number of ether oxygens (including phenoxy) is 1. The number of hydrogen-bond acceptors (Lipinski definition) is 4. The number of carbonyl (C=O) groups is 1. The molecule has 0 aliphatic rings. The van der Waals surface area contributed by atoms with Crippen molar-refractivity contribution in [2.75, 3.05) is 24.2 Å².